The first-order chi connectivity index (χ1) is 6.30. The van der Waals surface area contributed by atoms with Crippen LogP contribution in [-0.2, 0) is 9.59 Å². The van der Waals surface area contributed by atoms with E-state index < -0.39 is 0 Å². The van der Waals surface area contributed by atoms with Crippen LogP contribution in [0, 0.1) is 0 Å². The first kappa shape index (κ1) is 11.0. The largest absolute Gasteiger partial charge is 0.351 e. The average molecular weight is 198 g/mol. The van der Waals surface area contributed by atoms with Gasteiger partial charge in [0, 0.05) is 25.4 Å². The van der Waals surface area contributed by atoms with E-state index in [-0.39, 0.29) is 23.4 Å². The van der Waals surface area contributed by atoms with Crippen molar-refractivity contribution in [3.05, 3.63) is 0 Å². The smallest absolute Gasteiger partial charge is 0.225 e. The molecule has 1 aliphatic heterocycles. The molecule has 1 aliphatic rings. The Morgan fingerprint density at radius 3 is 2.43 bits per heavy atom. The number of hydrogen-bond acceptors (Lipinski definition) is 2. The van der Waals surface area contributed by atoms with E-state index in [2.05, 4.69) is 5.32 Å². The Bertz CT molecular complexity index is 255. The first-order valence-electron chi connectivity index (χ1n) is 4.88. The summed E-state index contributed by atoms with van der Waals surface area (Å²) in [4.78, 5) is 24.2. The zero-order valence-corrected chi connectivity index (χ0v) is 9.26. The van der Waals surface area contributed by atoms with Gasteiger partial charge in [-0.3, -0.25) is 9.59 Å². The molecule has 0 aromatic heterocycles. The van der Waals surface area contributed by atoms with E-state index in [1.165, 1.54) is 6.92 Å². The number of nitrogens with zero attached hydrogens (tertiary/aromatic N) is 1. The molecule has 0 aliphatic carbocycles. The molecule has 0 spiro atoms. The lowest BCUT2D eigenvalue weighted by atomic mass is 10.1. The lowest BCUT2D eigenvalue weighted by Gasteiger charge is -2.32. The molecule has 1 saturated heterocycles. The average Bonchev–Trinajstić information content (AvgIpc) is 2.27. The van der Waals surface area contributed by atoms with Gasteiger partial charge in [-0.1, -0.05) is 0 Å². The highest BCUT2D eigenvalue weighted by Crippen LogP contribution is 2.21. The number of nitrogens with one attached hydrogen (secondary N) is 1. The Kier molecular flexibility index (Phi) is 2.83. The minimum absolute atomic E-state index is 0.0146. The van der Waals surface area contributed by atoms with Crippen LogP contribution in [0.1, 0.15) is 34.1 Å². The van der Waals surface area contributed by atoms with Crippen LogP contribution < -0.4 is 5.32 Å². The molecule has 80 valence electrons. The zero-order chi connectivity index (χ0) is 10.9. The third kappa shape index (κ3) is 2.47. The van der Waals surface area contributed by atoms with Crippen molar-refractivity contribution in [3.8, 4) is 0 Å². The van der Waals surface area contributed by atoms with Gasteiger partial charge in [0.1, 0.15) is 0 Å². The van der Waals surface area contributed by atoms with Crippen molar-refractivity contribution >= 4 is 11.8 Å². The molecular weight excluding hydrogens is 180 g/mol. The van der Waals surface area contributed by atoms with Crippen molar-refractivity contribution in [1.82, 2.24) is 10.2 Å². The fourth-order valence-corrected chi connectivity index (χ4v) is 1.74. The summed E-state index contributed by atoms with van der Waals surface area (Å²) < 4.78 is 0. The van der Waals surface area contributed by atoms with E-state index in [9.17, 15) is 9.59 Å². The molecule has 1 rings (SSSR count). The van der Waals surface area contributed by atoms with Crippen molar-refractivity contribution < 1.29 is 9.59 Å². The lowest BCUT2D eigenvalue weighted by molar-refractivity contribution is -0.131. The second-order valence-corrected chi connectivity index (χ2v) is 4.78. The zero-order valence-electron chi connectivity index (χ0n) is 9.26. The van der Waals surface area contributed by atoms with Crippen molar-refractivity contribution in [2.24, 2.45) is 0 Å². The van der Waals surface area contributed by atoms with Crippen LogP contribution in [0.5, 0.6) is 0 Å². The van der Waals surface area contributed by atoms with E-state index in [0.29, 0.717) is 13.0 Å². The van der Waals surface area contributed by atoms with Gasteiger partial charge in [-0.05, 0) is 20.8 Å². The minimum Gasteiger partial charge on any atom is -0.351 e. The Morgan fingerprint density at radius 1 is 1.50 bits per heavy atom. The summed E-state index contributed by atoms with van der Waals surface area (Å²) in [5.74, 6) is 0.0507. The van der Waals surface area contributed by atoms with Gasteiger partial charge >= 0.3 is 0 Å². The maximum Gasteiger partial charge on any atom is 0.225 e. The summed E-state index contributed by atoms with van der Waals surface area (Å²) in [6, 6.07) is -0.0146. The predicted octanol–water partition coefficient (Wildman–Crippen LogP) is 0.522. The van der Waals surface area contributed by atoms with Gasteiger partial charge in [-0.2, -0.15) is 0 Å². The van der Waals surface area contributed by atoms with Crippen LogP contribution >= 0.6 is 0 Å². The molecule has 0 bridgehead atoms. The fourth-order valence-electron chi connectivity index (χ4n) is 1.74. The van der Waals surface area contributed by atoms with Crippen molar-refractivity contribution in [2.45, 2.75) is 45.7 Å². The fraction of sp³-hybridized carbons (Fsp3) is 0.800. The highest BCUT2D eigenvalue weighted by atomic mass is 16.2. The van der Waals surface area contributed by atoms with Crippen LogP contribution in [0.4, 0.5) is 0 Å². The van der Waals surface area contributed by atoms with E-state index in [0.717, 1.165) is 0 Å². The molecular formula is C10H18N2O2. The van der Waals surface area contributed by atoms with Crippen LogP contribution in [0.3, 0.4) is 0 Å². The van der Waals surface area contributed by atoms with Crippen LogP contribution in [0.2, 0.25) is 0 Å². The molecule has 2 amide bonds. The maximum atomic E-state index is 11.6. The Morgan fingerprint density at radius 2 is 2.07 bits per heavy atom. The van der Waals surface area contributed by atoms with Crippen molar-refractivity contribution in [1.29, 1.82) is 0 Å². The van der Waals surface area contributed by atoms with E-state index in [4.69, 9.17) is 0 Å². The Hall–Kier alpha value is -1.06. The Labute approximate surface area is 84.7 Å². The highest BCUT2D eigenvalue weighted by Gasteiger charge is 2.36. The van der Waals surface area contributed by atoms with Gasteiger partial charge < -0.3 is 10.2 Å². The molecule has 0 radical (unpaired) electrons. The van der Waals surface area contributed by atoms with E-state index in [1.807, 2.05) is 25.7 Å². The van der Waals surface area contributed by atoms with E-state index >= 15 is 0 Å². The van der Waals surface area contributed by atoms with Crippen molar-refractivity contribution in [3.63, 3.8) is 0 Å². The Balaban J connectivity index is 2.61. The summed E-state index contributed by atoms with van der Waals surface area (Å²) in [5, 5.41) is 2.77. The quantitative estimate of drug-likeness (QED) is 0.668. The molecule has 1 fully saturated rings. The number of carbonyl (C=O) groups excluding carboxylic acids is 2. The molecule has 1 heterocycles. The molecule has 0 aromatic carbocycles. The number of hydrogen-bond donors (Lipinski definition) is 1. The monoisotopic (exact) mass is 198 g/mol. The predicted molar refractivity (Wildman–Crippen MR) is 53.7 cm³/mol. The van der Waals surface area contributed by atoms with Gasteiger partial charge in [0.25, 0.3) is 0 Å². The third-order valence-corrected chi connectivity index (χ3v) is 2.34. The van der Waals surface area contributed by atoms with Crippen molar-refractivity contribution in [2.75, 3.05) is 6.54 Å². The molecule has 4 nitrogen and oxygen atoms in total. The van der Waals surface area contributed by atoms with Gasteiger partial charge in [0.2, 0.25) is 11.8 Å². The number of likely N-dealkylation sites (tertiary alicyclic amines) is 1. The van der Waals surface area contributed by atoms with E-state index in [1.54, 1.807) is 0 Å². The molecule has 1 unspecified atom stereocenters. The molecule has 4 heteroatoms. The summed E-state index contributed by atoms with van der Waals surface area (Å²) in [5.41, 5.74) is -0.149. The first-order valence-corrected chi connectivity index (χ1v) is 4.88. The van der Waals surface area contributed by atoms with Gasteiger partial charge in [0.15, 0.2) is 0 Å². The molecule has 1 N–H and O–H groups in total. The van der Waals surface area contributed by atoms with Crippen LogP contribution in [0.25, 0.3) is 0 Å². The highest BCUT2D eigenvalue weighted by molar-refractivity contribution is 5.82. The van der Waals surface area contributed by atoms with Crippen LogP contribution in [0.15, 0.2) is 0 Å². The molecule has 1 atom stereocenters. The SMILES string of the molecule is CC(=O)NC1CC(=O)N(C(C)(C)C)C1. The molecule has 14 heavy (non-hydrogen) atoms. The van der Waals surface area contributed by atoms with Gasteiger partial charge in [-0.25, -0.2) is 0 Å². The molecule has 0 saturated carbocycles. The molecule has 0 aromatic rings. The minimum atomic E-state index is -0.149. The van der Waals surface area contributed by atoms with Crippen LogP contribution in [-0.4, -0.2) is 34.8 Å². The summed E-state index contributed by atoms with van der Waals surface area (Å²) >= 11 is 0. The third-order valence-electron chi connectivity index (χ3n) is 2.34. The van der Waals surface area contributed by atoms with Gasteiger partial charge in [-0.15, -0.1) is 0 Å². The second-order valence-electron chi connectivity index (χ2n) is 4.78. The topological polar surface area (TPSA) is 49.4 Å². The van der Waals surface area contributed by atoms with Gasteiger partial charge in [0.05, 0.1) is 6.04 Å². The number of rotatable bonds is 1. The summed E-state index contributed by atoms with van der Waals surface area (Å²) in [6.07, 6.45) is 0.427. The summed E-state index contributed by atoms with van der Waals surface area (Å²) in [6.45, 7) is 8.11. The standard InChI is InChI=1S/C10H18N2O2/c1-7(13)11-8-5-9(14)12(6-8)10(2,3)4/h8H,5-6H2,1-4H3,(H,11,13). The normalized spacial score (nSPS) is 22.7. The lowest BCUT2D eigenvalue weighted by Crippen LogP contribution is -2.44. The maximum absolute atomic E-state index is 11.6. The number of amides is 2. The summed E-state index contributed by atoms with van der Waals surface area (Å²) in [7, 11) is 0. The second kappa shape index (κ2) is 3.59. The number of carbonyl (C=O) groups is 2.